The molecule has 0 radical (unpaired) electrons. The molecule has 0 aliphatic carbocycles. The molecule has 0 atom stereocenters. The highest BCUT2D eigenvalue weighted by Gasteiger charge is 2.14. The van der Waals surface area contributed by atoms with Crippen LogP contribution in [0.15, 0.2) is 83.8 Å². The van der Waals surface area contributed by atoms with Crippen molar-refractivity contribution in [3.8, 4) is 11.1 Å². The molecule has 0 fully saturated rings. The second kappa shape index (κ2) is 6.68. The van der Waals surface area contributed by atoms with Crippen LogP contribution in [0.5, 0.6) is 0 Å². The van der Waals surface area contributed by atoms with E-state index in [-0.39, 0.29) is 4.90 Å². The Morgan fingerprint density at radius 1 is 0.708 bits per heavy atom. The molecule has 0 bridgehead atoms. The predicted octanol–water partition coefficient (Wildman–Crippen LogP) is 3.97. The molecule has 3 aromatic rings. The highest BCUT2D eigenvalue weighted by atomic mass is 32.2. The smallest absolute Gasteiger partial charge is 0.261 e. The summed E-state index contributed by atoms with van der Waals surface area (Å²) in [5.41, 5.74) is 2.88. The minimum absolute atomic E-state index is 0.182. The number of rotatable bonds is 5. The number of aldehydes is 1. The van der Waals surface area contributed by atoms with Gasteiger partial charge in [0, 0.05) is 11.3 Å². The fourth-order valence-corrected chi connectivity index (χ4v) is 3.36. The van der Waals surface area contributed by atoms with E-state index in [9.17, 15) is 13.2 Å². The number of anilines is 1. The molecule has 0 heterocycles. The van der Waals surface area contributed by atoms with E-state index in [0.29, 0.717) is 17.5 Å². The van der Waals surface area contributed by atoms with E-state index >= 15 is 0 Å². The molecule has 24 heavy (non-hydrogen) atoms. The van der Waals surface area contributed by atoms with Gasteiger partial charge in [-0.25, -0.2) is 8.42 Å². The quantitative estimate of drug-likeness (QED) is 0.717. The summed E-state index contributed by atoms with van der Waals surface area (Å²) in [5, 5.41) is 0. The Labute approximate surface area is 140 Å². The van der Waals surface area contributed by atoms with Crippen LogP contribution in [-0.2, 0) is 10.0 Å². The van der Waals surface area contributed by atoms with E-state index in [1.165, 1.54) is 0 Å². The van der Waals surface area contributed by atoms with Gasteiger partial charge in [0.25, 0.3) is 10.0 Å². The summed E-state index contributed by atoms with van der Waals surface area (Å²) >= 11 is 0. The van der Waals surface area contributed by atoms with Crippen molar-refractivity contribution >= 4 is 22.0 Å². The van der Waals surface area contributed by atoms with Crippen LogP contribution in [0, 0.1) is 0 Å². The molecule has 0 spiro atoms. The molecule has 120 valence electrons. The number of nitrogens with one attached hydrogen (secondary N) is 1. The van der Waals surface area contributed by atoms with Gasteiger partial charge in [0.2, 0.25) is 0 Å². The lowest BCUT2D eigenvalue weighted by molar-refractivity contribution is 0.112. The van der Waals surface area contributed by atoms with E-state index in [1.54, 1.807) is 48.5 Å². The predicted molar refractivity (Wildman–Crippen MR) is 94.5 cm³/mol. The van der Waals surface area contributed by atoms with Gasteiger partial charge in [-0.15, -0.1) is 0 Å². The average Bonchev–Trinajstić information content (AvgIpc) is 2.63. The van der Waals surface area contributed by atoms with E-state index in [1.807, 2.05) is 30.3 Å². The number of benzene rings is 3. The maximum Gasteiger partial charge on any atom is 0.261 e. The minimum Gasteiger partial charge on any atom is -0.298 e. The lowest BCUT2D eigenvalue weighted by Gasteiger charge is -2.09. The number of hydrogen-bond acceptors (Lipinski definition) is 3. The van der Waals surface area contributed by atoms with Crippen LogP contribution < -0.4 is 4.72 Å². The van der Waals surface area contributed by atoms with Gasteiger partial charge >= 0.3 is 0 Å². The maximum absolute atomic E-state index is 12.4. The van der Waals surface area contributed by atoms with Crippen molar-refractivity contribution in [3.05, 3.63) is 84.4 Å². The van der Waals surface area contributed by atoms with Crippen LogP contribution in [0.4, 0.5) is 5.69 Å². The molecular formula is C19H15NO3S. The second-order valence-electron chi connectivity index (χ2n) is 5.24. The topological polar surface area (TPSA) is 63.2 Å². The van der Waals surface area contributed by atoms with Crippen LogP contribution in [0.3, 0.4) is 0 Å². The van der Waals surface area contributed by atoms with Crippen molar-refractivity contribution in [1.29, 1.82) is 0 Å². The average molecular weight is 337 g/mol. The Hall–Kier alpha value is -2.92. The normalized spacial score (nSPS) is 11.0. The summed E-state index contributed by atoms with van der Waals surface area (Å²) in [4.78, 5) is 10.8. The molecule has 1 N–H and O–H groups in total. The van der Waals surface area contributed by atoms with Crippen molar-refractivity contribution in [3.63, 3.8) is 0 Å². The Bertz CT molecular complexity index is 932. The van der Waals surface area contributed by atoms with Crippen LogP contribution in [0.1, 0.15) is 10.4 Å². The van der Waals surface area contributed by atoms with Gasteiger partial charge in [-0.1, -0.05) is 42.5 Å². The fraction of sp³-hybridized carbons (Fsp3) is 0. The molecule has 5 heteroatoms. The summed E-state index contributed by atoms with van der Waals surface area (Å²) in [6.45, 7) is 0. The minimum atomic E-state index is -3.67. The first-order chi connectivity index (χ1) is 11.6. The van der Waals surface area contributed by atoms with Gasteiger partial charge in [0.05, 0.1) is 4.90 Å². The fourth-order valence-electron chi connectivity index (χ4n) is 2.30. The van der Waals surface area contributed by atoms with E-state index in [0.717, 1.165) is 11.1 Å². The number of sulfonamides is 1. The SMILES string of the molecule is O=Cc1ccc(NS(=O)(=O)c2ccc(-c3ccccc3)cc2)cc1. The van der Waals surface area contributed by atoms with E-state index in [2.05, 4.69) is 4.72 Å². The molecule has 3 aromatic carbocycles. The number of hydrogen-bond donors (Lipinski definition) is 1. The zero-order chi connectivity index (χ0) is 17.0. The zero-order valence-corrected chi connectivity index (χ0v) is 13.5. The van der Waals surface area contributed by atoms with Crippen molar-refractivity contribution in [2.75, 3.05) is 4.72 Å². The Morgan fingerprint density at radius 3 is 1.88 bits per heavy atom. The largest absolute Gasteiger partial charge is 0.298 e. The first-order valence-electron chi connectivity index (χ1n) is 7.32. The maximum atomic E-state index is 12.4. The molecule has 0 aliphatic rings. The van der Waals surface area contributed by atoms with Crippen LogP contribution in [-0.4, -0.2) is 14.7 Å². The molecule has 3 rings (SSSR count). The zero-order valence-electron chi connectivity index (χ0n) is 12.7. The number of carbonyl (C=O) groups is 1. The summed E-state index contributed by atoms with van der Waals surface area (Å²) in [5.74, 6) is 0. The monoisotopic (exact) mass is 337 g/mol. The first-order valence-corrected chi connectivity index (χ1v) is 8.80. The van der Waals surface area contributed by atoms with Crippen molar-refractivity contribution in [2.24, 2.45) is 0 Å². The second-order valence-corrected chi connectivity index (χ2v) is 6.92. The van der Waals surface area contributed by atoms with E-state index < -0.39 is 10.0 Å². The first kappa shape index (κ1) is 16.0. The summed E-state index contributed by atoms with van der Waals surface area (Å²) in [6.07, 6.45) is 0.709. The molecule has 0 amide bonds. The van der Waals surface area contributed by atoms with E-state index in [4.69, 9.17) is 0 Å². The molecule has 0 unspecified atom stereocenters. The Balaban J connectivity index is 1.82. The summed E-state index contributed by atoms with van der Waals surface area (Å²) in [6, 6.07) is 22.7. The van der Waals surface area contributed by atoms with Crippen LogP contribution in [0.2, 0.25) is 0 Å². The Morgan fingerprint density at radius 2 is 1.29 bits per heavy atom. The third-order valence-electron chi connectivity index (χ3n) is 3.57. The van der Waals surface area contributed by atoms with Crippen molar-refractivity contribution in [1.82, 2.24) is 0 Å². The van der Waals surface area contributed by atoms with Gasteiger partial charge in [-0.05, 0) is 47.5 Å². The van der Waals surface area contributed by atoms with Crippen LogP contribution in [0.25, 0.3) is 11.1 Å². The van der Waals surface area contributed by atoms with Gasteiger partial charge in [0.1, 0.15) is 6.29 Å². The van der Waals surface area contributed by atoms with Gasteiger partial charge in [-0.2, -0.15) is 0 Å². The summed E-state index contributed by atoms with van der Waals surface area (Å²) in [7, 11) is -3.67. The molecule has 0 saturated carbocycles. The van der Waals surface area contributed by atoms with Gasteiger partial charge < -0.3 is 0 Å². The van der Waals surface area contributed by atoms with Crippen molar-refractivity contribution < 1.29 is 13.2 Å². The van der Waals surface area contributed by atoms with Gasteiger partial charge in [-0.3, -0.25) is 9.52 Å². The summed E-state index contributed by atoms with van der Waals surface area (Å²) < 4.78 is 27.3. The van der Waals surface area contributed by atoms with Gasteiger partial charge in [0.15, 0.2) is 0 Å². The molecule has 0 saturated heterocycles. The lowest BCUT2D eigenvalue weighted by Crippen LogP contribution is -2.12. The molecular weight excluding hydrogens is 322 g/mol. The standard InChI is InChI=1S/C19H15NO3S/c21-14-15-6-10-18(11-7-15)20-24(22,23)19-12-8-17(9-13-19)16-4-2-1-3-5-16/h1-14,20H. The number of carbonyl (C=O) groups excluding carboxylic acids is 1. The highest BCUT2D eigenvalue weighted by molar-refractivity contribution is 7.92. The lowest BCUT2D eigenvalue weighted by atomic mass is 10.1. The highest BCUT2D eigenvalue weighted by Crippen LogP contribution is 2.22. The third kappa shape index (κ3) is 3.52. The molecule has 0 aromatic heterocycles. The van der Waals surface area contributed by atoms with Crippen molar-refractivity contribution in [2.45, 2.75) is 4.90 Å². The Kier molecular flexibility index (Phi) is 4.44. The van der Waals surface area contributed by atoms with Crippen LogP contribution >= 0.6 is 0 Å². The molecule has 0 aliphatic heterocycles. The third-order valence-corrected chi connectivity index (χ3v) is 4.97. The molecule has 4 nitrogen and oxygen atoms in total.